The lowest BCUT2D eigenvalue weighted by Crippen LogP contribution is -2.23. The fourth-order valence-corrected chi connectivity index (χ4v) is 1.96. The van der Waals surface area contributed by atoms with E-state index in [2.05, 4.69) is 34.6 Å². The number of ether oxygens (including phenoxy) is 1. The molecule has 1 aromatic carbocycles. The molecule has 0 amide bonds. The second kappa shape index (κ2) is 6.83. The third-order valence-corrected chi connectivity index (χ3v) is 3.44. The van der Waals surface area contributed by atoms with Crippen molar-refractivity contribution in [2.75, 3.05) is 13.7 Å². The molecule has 1 unspecified atom stereocenters. The van der Waals surface area contributed by atoms with Crippen molar-refractivity contribution in [3.8, 4) is 0 Å². The number of nitrogens with zero attached hydrogens (tertiary/aromatic N) is 2. The third-order valence-electron chi connectivity index (χ3n) is 3.44. The fraction of sp³-hybridized carbons (Fsp3) is 0.500. The van der Waals surface area contributed by atoms with Crippen LogP contribution in [0.15, 0.2) is 34.7 Å². The van der Waals surface area contributed by atoms with E-state index >= 15 is 0 Å². The molecule has 5 heteroatoms. The van der Waals surface area contributed by atoms with Crippen molar-refractivity contribution in [2.45, 2.75) is 38.8 Å². The second-order valence-electron chi connectivity index (χ2n) is 5.46. The van der Waals surface area contributed by atoms with Crippen molar-refractivity contribution in [2.24, 2.45) is 0 Å². The topological polar surface area (TPSA) is 60.2 Å². The molecule has 0 fully saturated rings. The molecule has 1 aromatic heterocycles. The van der Waals surface area contributed by atoms with E-state index in [9.17, 15) is 0 Å². The molecule has 21 heavy (non-hydrogen) atoms. The molecular weight excluding hydrogens is 266 g/mol. The summed E-state index contributed by atoms with van der Waals surface area (Å²) in [6, 6.07) is 10.0. The quantitative estimate of drug-likeness (QED) is 0.849. The van der Waals surface area contributed by atoms with E-state index in [1.54, 1.807) is 7.11 Å². The maximum Gasteiger partial charge on any atom is 0.247 e. The zero-order valence-electron chi connectivity index (χ0n) is 13.1. The molecule has 0 aliphatic carbocycles. The summed E-state index contributed by atoms with van der Waals surface area (Å²) in [5, 5.41) is 11.8. The molecule has 0 aliphatic heterocycles. The first kappa shape index (κ1) is 15.7. The van der Waals surface area contributed by atoms with Gasteiger partial charge in [0.2, 0.25) is 11.8 Å². The number of aromatic nitrogens is 2. The SMILES string of the molecule is CCCNC(c1ccccc1)c1nnc(C(C)(C)OC)o1. The maximum atomic E-state index is 5.84. The van der Waals surface area contributed by atoms with Gasteiger partial charge < -0.3 is 14.5 Å². The van der Waals surface area contributed by atoms with Crippen LogP contribution in [0.1, 0.15) is 50.6 Å². The van der Waals surface area contributed by atoms with E-state index in [-0.39, 0.29) is 6.04 Å². The molecule has 0 aliphatic rings. The van der Waals surface area contributed by atoms with Gasteiger partial charge in [-0.2, -0.15) is 0 Å². The van der Waals surface area contributed by atoms with Crippen LogP contribution in [0.4, 0.5) is 0 Å². The predicted octanol–water partition coefficient (Wildman–Crippen LogP) is 3.04. The number of hydrogen-bond acceptors (Lipinski definition) is 5. The molecule has 0 spiro atoms. The zero-order chi connectivity index (χ0) is 15.3. The van der Waals surface area contributed by atoms with Crippen LogP contribution >= 0.6 is 0 Å². The van der Waals surface area contributed by atoms with Gasteiger partial charge in [-0.25, -0.2) is 0 Å². The van der Waals surface area contributed by atoms with Crippen LogP contribution in [0.5, 0.6) is 0 Å². The van der Waals surface area contributed by atoms with Gasteiger partial charge in [-0.15, -0.1) is 10.2 Å². The lowest BCUT2D eigenvalue weighted by atomic mass is 10.1. The van der Waals surface area contributed by atoms with Gasteiger partial charge >= 0.3 is 0 Å². The number of benzene rings is 1. The van der Waals surface area contributed by atoms with Crippen LogP contribution in [0.3, 0.4) is 0 Å². The molecule has 1 atom stereocenters. The lowest BCUT2D eigenvalue weighted by Gasteiger charge is -2.18. The highest BCUT2D eigenvalue weighted by Gasteiger charge is 2.29. The number of nitrogens with one attached hydrogen (secondary N) is 1. The van der Waals surface area contributed by atoms with Gasteiger partial charge in [0.15, 0.2) is 0 Å². The molecular formula is C16H23N3O2. The minimum absolute atomic E-state index is 0.0972. The van der Waals surface area contributed by atoms with Gasteiger partial charge in [-0.3, -0.25) is 0 Å². The van der Waals surface area contributed by atoms with Gasteiger partial charge in [0.1, 0.15) is 11.6 Å². The highest BCUT2D eigenvalue weighted by Crippen LogP contribution is 2.26. The summed E-state index contributed by atoms with van der Waals surface area (Å²) in [6.45, 7) is 6.82. The van der Waals surface area contributed by atoms with Crippen molar-refractivity contribution in [1.29, 1.82) is 0 Å². The minimum atomic E-state index is -0.586. The Morgan fingerprint density at radius 2 is 1.95 bits per heavy atom. The molecule has 0 bridgehead atoms. The van der Waals surface area contributed by atoms with Crippen molar-refractivity contribution in [1.82, 2.24) is 15.5 Å². The molecule has 1 N–H and O–H groups in total. The lowest BCUT2D eigenvalue weighted by molar-refractivity contribution is -0.00477. The number of rotatable bonds is 7. The molecule has 2 rings (SSSR count). The summed E-state index contributed by atoms with van der Waals surface area (Å²) in [7, 11) is 1.63. The first-order valence-corrected chi connectivity index (χ1v) is 7.26. The maximum absolute atomic E-state index is 5.84. The van der Waals surface area contributed by atoms with E-state index in [1.807, 2.05) is 32.0 Å². The Labute approximate surface area is 125 Å². The Morgan fingerprint density at radius 1 is 1.24 bits per heavy atom. The van der Waals surface area contributed by atoms with E-state index in [1.165, 1.54) is 0 Å². The Hall–Kier alpha value is -1.72. The van der Waals surface area contributed by atoms with Gasteiger partial charge in [0.25, 0.3) is 0 Å². The molecule has 114 valence electrons. The highest BCUT2D eigenvalue weighted by atomic mass is 16.5. The van der Waals surface area contributed by atoms with Crippen molar-refractivity contribution in [3.05, 3.63) is 47.7 Å². The van der Waals surface area contributed by atoms with Crippen LogP contribution in [0, 0.1) is 0 Å². The molecule has 1 heterocycles. The Bertz CT molecular complexity index is 552. The number of methoxy groups -OCH3 is 1. The Balaban J connectivity index is 2.29. The summed E-state index contributed by atoms with van der Waals surface area (Å²) in [5.41, 5.74) is 0.522. The van der Waals surface area contributed by atoms with E-state index in [0.29, 0.717) is 11.8 Å². The van der Waals surface area contributed by atoms with Crippen molar-refractivity contribution < 1.29 is 9.15 Å². The predicted molar refractivity (Wildman–Crippen MR) is 80.9 cm³/mol. The monoisotopic (exact) mass is 289 g/mol. The Kier molecular flexibility index (Phi) is 5.09. The van der Waals surface area contributed by atoms with Gasteiger partial charge in [-0.1, -0.05) is 37.3 Å². The van der Waals surface area contributed by atoms with Crippen LogP contribution in [-0.2, 0) is 10.3 Å². The van der Waals surface area contributed by atoms with Crippen molar-refractivity contribution >= 4 is 0 Å². The minimum Gasteiger partial charge on any atom is -0.420 e. The van der Waals surface area contributed by atoms with E-state index in [0.717, 1.165) is 18.5 Å². The normalized spacial score (nSPS) is 13.3. The standard InChI is InChI=1S/C16H23N3O2/c1-5-11-17-13(12-9-7-6-8-10-12)14-18-19-15(21-14)16(2,3)20-4/h6-10,13,17H,5,11H2,1-4H3. The second-order valence-corrected chi connectivity index (χ2v) is 5.46. The molecule has 5 nitrogen and oxygen atoms in total. The van der Waals surface area contributed by atoms with Crippen LogP contribution in [0.25, 0.3) is 0 Å². The smallest absolute Gasteiger partial charge is 0.247 e. The molecule has 0 radical (unpaired) electrons. The summed E-state index contributed by atoms with van der Waals surface area (Å²) in [4.78, 5) is 0. The van der Waals surface area contributed by atoms with Crippen LogP contribution < -0.4 is 5.32 Å². The van der Waals surface area contributed by atoms with E-state index < -0.39 is 5.60 Å². The zero-order valence-corrected chi connectivity index (χ0v) is 13.1. The third kappa shape index (κ3) is 3.68. The molecule has 2 aromatic rings. The molecule has 0 saturated heterocycles. The largest absolute Gasteiger partial charge is 0.420 e. The summed E-state index contributed by atoms with van der Waals surface area (Å²) in [6.07, 6.45) is 1.04. The summed E-state index contributed by atoms with van der Waals surface area (Å²) >= 11 is 0. The first-order chi connectivity index (χ1) is 10.1. The van der Waals surface area contributed by atoms with Gasteiger partial charge in [0.05, 0.1) is 0 Å². The average Bonchev–Trinajstić information content (AvgIpc) is 2.99. The van der Waals surface area contributed by atoms with E-state index in [4.69, 9.17) is 9.15 Å². The van der Waals surface area contributed by atoms with Gasteiger partial charge in [-0.05, 0) is 32.4 Å². The average molecular weight is 289 g/mol. The summed E-state index contributed by atoms with van der Waals surface area (Å²) < 4.78 is 11.2. The first-order valence-electron chi connectivity index (χ1n) is 7.26. The number of hydrogen-bond donors (Lipinski definition) is 1. The van der Waals surface area contributed by atoms with Crippen LogP contribution in [-0.4, -0.2) is 23.9 Å². The Morgan fingerprint density at radius 3 is 2.57 bits per heavy atom. The van der Waals surface area contributed by atoms with Crippen molar-refractivity contribution in [3.63, 3.8) is 0 Å². The highest BCUT2D eigenvalue weighted by molar-refractivity contribution is 5.23. The van der Waals surface area contributed by atoms with Crippen LogP contribution in [0.2, 0.25) is 0 Å². The molecule has 0 saturated carbocycles. The van der Waals surface area contributed by atoms with Gasteiger partial charge in [0, 0.05) is 7.11 Å². The summed E-state index contributed by atoms with van der Waals surface area (Å²) in [5.74, 6) is 1.05. The fourth-order valence-electron chi connectivity index (χ4n) is 1.96.